The number of nitrogens with zero attached hydrogens (tertiary/aromatic N) is 2. The Kier molecular flexibility index (Phi) is 5.25. The number of hydrogen-bond acceptors (Lipinski definition) is 2. The number of alkyl halides is 3. The number of nitrogens with one attached hydrogen (secondary N) is 1. The van der Waals surface area contributed by atoms with E-state index in [1.54, 1.807) is 36.4 Å². The van der Waals surface area contributed by atoms with E-state index in [0.717, 1.165) is 22.5 Å². The average Bonchev–Trinajstić information content (AvgIpc) is 3.10. The summed E-state index contributed by atoms with van der Waals surface area (Å²) in [6.07, 6.45) is -3.47. The van der Waals surface area contributed by atoms with Crippen LogP contribution in [-0.2, 0) is 17.5 Å². The van der Waals surface area contributed by atoms with Crippen LogP contribution in [0.4, 0.5) is 17.6 Å². The van der Waals surface area contributed by atoms with Gasteiger partial charge in [-0.1, -0.05) is 42.5 Å². The number of amides is 1. The van der Waals surface area contributed by atoms with Crippen molar-refractivity contribution in [2.45, 2.75) is 18.8 Å². The molecule has 0 aliphatic heterocycles. The Morgan fingerprint density at radius 2 is 1.63 bits per heavy atom. The molecule has 0 saturated carbocycles. The van der Waals surface area contributed by atoms with E-state index < -0.39 is 29.6 Å². The van der Waals surface area contributed by atoms with Crippen LogP contribution < -0.4 is 5.32 Å². The molecule has 1 amide bonds. The Morgan fingerprint density at radius 3 is 2.22 bits per heavy atom. The third kappa shape index (κ3) is 4.72. The number of carbonyl (C=O) groups excluding carboxylic acids is 1. The van der Waals surface area contributed by atoms with Crippen LogP contribution in [0, 0.1) is 5.82 Å². The zero-order valence-corrected chi connectivity index (χ0v) is 13.9. The molecule has 4 nitrogen and oxygen atoms in total. The minimum Gasteiger partial charge on any atom is -0.344 e. The van der Waals surface area contributed by atoms with Crippen molar-refractivity contribution in [1.82, 2.24) is 15.1 Å². The summed E-state index contributed by atoms with van der Waals surface area (Å²) in [7, 11) is 0. The number of rotatable bonds is 5. The second kappa shape index (κ2) is 7.61. The van der Waals surface area contributed by atoms with Crippen LogP contribution in [0.2, 0.25) is 0 Å². The normalized spacial score (nSPS) is 12.6. The standard InChI is InChI=1S/C19H15F4N3O/c20-15-8-6-14(7-9-15)18(13-4-2-1-3-5-13)24-17(27)12-26-11-10-16(25-26)19(21,22)23/h1-11,18H,12H2,(H,24,27). The molecule has 3 rings (SSSR count). The largest absolute Gasteiger partial charge is 0.435 e. The van der Waals surface area contributed by atoms with Crippen LogP contribution >= 0.6 is 0 Å². The monoisotopic (exact) mass is 377 g/mol. The highest BCUT2D eigenvalue weighted by Crippen LogP contribution is 2.27. The van der Waals surface area contributed by atoms with Gasteiger partial charge in [0, 0.05) is 6.20 Å². The molecule has 1 N–H and O–H groups in total. The van der Waals surface area contributed by atoms with E-state index in [0.29, 0.717) is 5.56 Å². The molecule has 0 radical (unpaired) electrons. The first kappa shape index (κ1) is 18.6. The molecule has 0 aliphatic rings. The highest BCUT2D eigenvalue weighted by Gasteiger charge is 2.33. The molecule has 8 heteroatoms. The van der Waals surface area contributed by atoms with E-state index in [2.05, 4.69) is 10.4 Å². The molecule has 2 aromatic carbocycles. The van der Waals surface area contributed by atoms with Crippen LogP contribution in [0.15, 0.2) is 66.9 Å². The summed E-state index contributed by atoms with van der Waals surface area (Å²) in [4.78, 5) is 12.4. The summed E-state index contributed by atoms with van der Waals surface area (Å²) in [6.45, 7) is -0.374. The fraction of sp³-hybridized carbons (Fsp3) is 0.158. The van der Waals surface area contributed by atoms with Gasteiger partial charge in [0.1, 0.15) is 12.4 Å². The van der Waals surface area contributed by atoms with Gasteiger partial charge >= 0.3 is 6.18 Å². The van der Waals surface area contributed by atoms with Crippen molar-refractivity contribution in [3.63, 3.8) is 0 Å². The quantitative estimate of drug-likeness (QED) is 0.685. The summed E-state index contributed by atoms with van der Waals surface area (Å²) in [5.41, 5.74) is 0.342. The molecule has 1 unspecified atom stereocenters. The van der Waals surface area contributed by atoms with Crippen LogP contribution in [0.25, 0.3) is 0 Å². The second-order valence-corrected chi connectivity index (χ2v) is 5.86. The summed E-state index contributed by atoms with van der Waals surface area (Å²) in [6, 6.07) is 14.9. The first-order valence-corrected chi connectivity index (χ1v) is 8.03. The summed E-state index contributed by atoms with van der Waals surface area (Å²) in [5, 5.41) is 6.13. The Balaban J connectivity index is 1.78. The predicted molar refractivity (Wildman–Crippen MR) is 90.1 cm³/mol. The van der Waals surface area contributed by atoms with Gasteiger partial charge in [-0.25, -0.2) is 4.39 Å². The summed E-state index contributed by atoms with van der Waals surface area (Å²) >= 11 is 0. The van der Waals surface area contributed by atoms with Crippen molar-refractivity contribution < 1.29 is 22.4 Å². The Bertz CT molecular complexity index is 905. The van der Waals surface area contributed by atoms with Crippen LogP contribution in [0.5, 0.6) is 0 Å². The van der Waals surface area contributed by atoms with Crippen LogP contribution in [0.1, 0.15) is 22.9 Å². The molecule has 0 aliphatic carbocycles. The lowest BCUT2D eigenvalue weighted by molar-refractivity contribution is -0.141. The van der Waals surface area contributed by atoms with E-state index in [9.17, 15) is 22.4 Å². The summed E-state index contributed by atoms with van der Waals surface area (Å²) < 4.78 is 52.0. The number of carbonyl (C=O) groups is 1. The highest BCUT2D eigenvalue weighted by molar-refractivity contribution is 5.76. The minimum atomic E-state index is -4.57. The van der Waals surface area contributed by atoms with Gasteiger partial charge in [0.2, 0.25) is 5.91 Å². The highest BCUT2D eigenvalue weighted by atomic mass is 19.4. The van der Waals surface area contributed by atoms with Gasteiger partial charge in [0.05, 0.1) is 6.04 Å². The zero-order chi connectivity index (χ0) is 19.4. The maximum atomic E-state index is 13.2. The average molecular weight is 377 g/mol. The van der Waals surface area contributed by atoms with Gasteiger partial charge in [0.15, 0.2) is 5.69 Å². The van der Waals surface area contributed by atoms with Crippen molar-refractivity contribution in [2.75, 3.05) is 0 Å². The third-order valence-electron chi connectivity index (χ3n) is 3.88. The third-order valence-corrected chi connectivity index (χ3v) is 3.88. The maximum Gasteiger partial charge on any atom is 0.435 e. The van der Waals surface area contributed by atoms with Crippen LogP contribution in [-0.4, -0.2) is 15.7 Å². The molecule has 27 heavy (non-hydrogen) atoms. The van der Waals surface area contributed by atoms with Crippen molar-refractivity contribution >= 4 is 5.91 Å². The smallest absolute Gasteiger partial charge is 0.344 e. The molecule has 0 bridgehead atoms. The Hall–Kier alpha value is -3.16. The van der Waals surface area contributed by atoms with E-state index in [-0.39, 0.29) is 6.54 Å². The topological polar surface area (TPSA) is 46.9 Å². The molecule has 1 atom stereocenters. The Labute approximate surface area is 152 Å². The minimum absolute atomic E-state index is 0.374. The SMILES string of the molecule is O=C(Cn1ccc(C(F)(F)F)n1)NC(c1ccccc1)c1ccc(F)cc1. The van der Waals surface area contributed by atoms with E-state index >= 15 is 0 Å². The molecule has 0 fully saturated rings. The molecular weight excluding hydrogens is 362 g/mol. The van der Waals surface area contributed by atoms with Crippen molar-refractivity contribution in [3.8, 4) is 0 Å². The fourth-order valence-electron chi connectivity index (χ4n) is 2.61. The zero-order valence-electron chi connectivity index (χ0n) is 13.9. The van der Waals surface area contributed by atoms with E-state index in [1.165, 1.54) is 12.1 Å². The van der Waals surface area contributed by atoms with Crippen molar-refractivity contribution in [2.24, 2.45) is 0 Å². The lowest BCUT2D eigenvalue weighted by Crippen LogP contribution is -2.32. The molecule has 3 aromatic rings. The first-order valence-electron chi connectivity index (χ1n) is 8.03. The molecular formula is C19H15F4N3O. The molecule has 1 aromatic heterocycles. The van der Waals surface area contributed by atoms with Gasteiger partial charge < -0.3 is 5.32 Å². The van der Waals surface area contributed by atoms with Crippen LogP contribution in [0.3, 0.4) is 0 Å². The van der Waals surface area contributed by atoms with Crippen molar-refractivity contribution in [3.05, 3.63) is 89.5 Å². The van der Waals surface area contributed by atoms with Gasteiger partial charge in [-0.05, 0) is 29.3 Å². The number of halogens is 4. The fourth-order valence-corrected chi connectivity index (χ4v) is 2.61. The number of benzene rings is 2. The lowest BCUT2D eigenvalue weighted by atomic mass is 9.98. The first-order chi connectivity index (χ1) is 12.8. The molecule has 0 spiro atoms. The number of aromatic nitrogens is 2. The molecule has 140 valence electrons. The second-order valence-electron chi connectivity index (χ2n) is 5.86. The molecule has 1 heterocycles. The molecule has 0 saturated heterocycles. The maximum absolute atomic E-state index is 13.2. The van der Waals surface area contributed by atoms with Crippen molar-refractivity contribution in [1.29, 1.82) is 0 Å². The number of hydrogen-bond donors (Lipinski definition) is 1. The Morgan fingerprint density at radius 1 is 1.00 bits per heavy atom. The predicted octanol–water partition coefficient (Wildman–Crippen LogP) is 3.95. The summed E-state index contributed by atoms with van der Waals surface area (Å²) in [5.74, 6) is -0.932. The van der Waals surface area contributed by atoms with Gasteiger partial charge in [-0.2, -0.15) is 18.3 Å². The van der Waals surface area contributed by atoms with Gasteiger partial charge in [0.25, 0.3) is 0 Å². The van der Waals surface area contributed by atoms with E-state index in [4.69, 9.17) is 0 Å². The lowest BCUT2D eigenvalue weighted by Gasteiger charge is -2.20. The van der Waals surface area contributed by atoms with E-state index in [1.807, 2.05) is 6.07 Å². The van der Waals surface area contributed by atoms with Gasteiger partial charge in [-0.15, -0.1) is 0 Å². The van der Waals surface area contributed by atoms with Gasteiger partial charge in [-0.3, -0.25) is 9.48 Å².